The van der Waals surface area contributed by atoms with Crippen LogP contribution in [0, 0.1) is 0 Å². The molecule has 0 heterocycles. The van der Waals surface area contributed by atoms with Gasteiger partial charge in [-0.1, -0.05) is 106 Å². The first-order valence-corrected chi connectivity index (χ1v) is 22.3. The standard InChI is InChI=1S/C34H70O5Si2/c1-15-16-20-24-29(38-40(11,12)33(5,6)7)30(39-41(13,14)34(8,9)10)27-26-28(35)23-21-18-17-19-22-25-31(36)37-32(2,3)4/h26-30,35H,15-25H2,1-14H3/t28-,29-,30-/m0/s1. The lowest BCUT2D eigenvalue weighted by molar-refractivity contribution is -0.154. The summed E-state index contributed by atoms with van der Waals surface area (Å²) in [6, 6.07) is 0. The van der Waals surface area contributed by atoms with Gasteiger partial charge < -0.3 is 18.7 Å². The van der Waals surface area contributed by atoms with Crippen LogP contribution in [0.4, 0.5) is 0 Å². The molecule has 0 bridgehead atoms. The third kappa shape index (κ3) is 17.4. The van der Waals surface area contributed by atoms with Crippen molar-refractivity contribution in [1.82, 2.24) is 0 Å². The minimum absolute atomic E-state index is 0.00927. The Morgan fingerprint density at radius 2 is 1.20 bits per heavy atom. The quantitative estimate of drug-likeness (QED) is 0.0678. The second kappa shape index (κ2) is 17.7. The molecule has 0 amide bonds. The summed E-state index contributed by atoms with van der Waals surface area (Å²) >= 11 is 0. The van der Waals surface area contributed by atoms with Crippen LogP contribution in [0.3, 0.4) is 0 Å². The van der Waals surface area contributed by atoms with Crippen molar-refractivity contribution < 1.29 is 23.5 Å². The van der Waals surface area contributed by atoms with Gasteiger partial charge in [-0.15, -0.1) is 0 Å². The van der Waals surface area contributed by atoms with E-state index in [0.717, 1.165) is 51.4 Å². The van der Waals surface area contributed by atoms with Gasteiger partial charge in [-0.05, 0) is 76.3 Å². The van der Waals surface area contributed by atoms with Gasteiger partial charge in [-0.2, -0.15) is 0 Å². The van der Waals surface area contributed by atoms with Crippen LogP contribution in [0.15, 0.2) is 12.2 Å². The molecule has 0 unspecified atom stereocenters. The summed E-state index contributed by atoms with van der Waals surface area (Å²) in [7, 11) is -4.08. The highest BCUT2D eigenvalue weighted by molar-refractivity contribution is 6.74. The number of carbonyl (C=O) groups is 1. The van der Waals surface area contributed by atoms with E-state index in [2.05, 4.69) is 80.7 Å². The van der Waals surface area contributed by atoms with Crippen LogP contribution >= 0.6 is 0 Å². The van der Waals surface area contributed by atoms with Crippen molar-refractivity contribution >= 4 is 22.6 Å². The third-order valence-corrected chi connectivity index (χ3v) is 17.7. The summed E-state index contributed by atoms with van der Waals surface area (Å²) in [4.78, 5) is 11.9. The Morgan fingerprint density at radius 3 is 1.71 bits per heavy atom. The van der Waals surface area contributed by atoms with Crippen LogP contribution in [-0.4, -0.2) is 51.6 Å². The number of hydrogen-bond acceptors (Lipinski definition) is 5. The zero-order chi connectivity index (χ0) is 32.1. The van der Waals surface area contributed by atoms with Gasteiger partial charge in [0.05, 0.1) is 18.3 Å². The lowest BCUT2D eigenvalue weighted by atomic mass is 10.0. The number of esters is 1. The van der Waals surface area contributed by atoms with Crippen molar-refractivity contribution in [2.24, 2.45) is 0 Å². The van der Waals surface area contributed by atoms with E-state index in [1.807, 2.05) is 26.8 Å². The highest BCUT2D eigenvalue weighted by atomic mass is 28.4. The van der Waals surface area contributed by atoms with Gasteiger partial charge in [0, 0.05) is 6.42 Å². The summed E-state index contributed by atoms with van der Waals surface area (Å²) in [5, 5.41) is 11.1. The van der Waals surface area contributed by atoms with Crippen LogP contribution in [-0.2, 0) is 18.4 Å². The first-order valence-electron chi connectivity index (χ1n) is 16.5. The smallest absolute Gasteiger partial charge is 0.306 e. The minimum Gasteiger partial charge on any atom is -0.460 e. The molecule has 244 valence electrons. The molecule has 41 heavy (non-hydrogen) atoms. The molecule has 0 spiro atoms. The van der Waals surface area contributed by atoms with Gasteiger partial charge in [-0.3, -0.25) is 4.79 Å². The monoisotopic (exact) mass is 614 g/mol. The van der Waals surface area contributed by atoms with Crippen LogP contribution in [0.5, 0.6) is 0 Å². The maximum absolute atomic E-state index is 11.9. The van der Waals surface area contributed by atoms with Crippen molar-refractivity contribution in [3.63, 3.8) is 0 Å². The number of hydrogen-bond donors (Lipinski definition) is 1. The van der Waals surface area contributed by atoms with Crippen molar-refractivity contribution in [2.75, 3.05) is 0 Å². The van der Waals surface area contributed by atoms with Gasteiger partial charge in [0.2, 0.25) is 0 Å². The van der Waals surface area contributed by atoms with E-state index in [0.29, 0.717) is 6.42 Å². The molecule has 0 aliphatic carbocycles. The molecule has 0 fully saturated rings. The maximum Gasteiger partial charge on any atom is 0.306 e. The number of unbranched alkanes of at least 4 members (excludes halogenated alkanes) is 6. The minimum atomic E-state index is -2.07. The molecule has 0 aliphatic rings. The first kappa shape index (κ1) is 40.5. The molecule has 0 aromatic carbocycles. The second-order valence-corrected chi connectivity index (χ2v) is 25.6. The van der Waals surface area contributed by atoms with Gasteiger partial charge in [-0.25, -0.2) is 0 Å². The van der Waals surface area contributed by atoms with Gasteiger partial charge >= 0.3 is 5.97 Å². The first-order chi connectivity index (χ1) is 18.5. The zero-order valence-electron chi connectivity index (χ0n) is 29.7. The molecule has 3 atom stereocenters. The fourth-order valence-electron chi connectivity index (χ4n) is 4.08. The number of carbonyl (C=O) groups excluding carboxylic acids is 1. The summed E-state index contributed by atoms with van der Waals surface area (Å²) in [6.45, 7) is 31.0. The molecule has 7 heteroatoms. The van der Waals surface area contributed by atoms with Gasteiger partial charge in [0.15, 0.2) is 16.6 Å². The number of aliphatic hydroxyl groups excluding tert-OH is 1. The largest absolute Gasteiger partial charge is 0.460 e. The van der Waals surface area contributed by atoms with E-state index in [1.54, 1.807) is 0 Å². The number of ether oxygens (including phenoxy) is 1. The Morgan fingerprint density at radius 1 is 0.707 bits per heavy atom. The highest BCUT2D eigenvalue weighted by Gasteiger charge is 2.44. The fourth-order valence-corrected chi connectivity index (χ4v) is 6.70. The molecular formula is C34H70O5Si2. The lowest BCUT2D eigenvalue weighted by Crippen LogP contribution is -2.51. The van der Waals surface area contributed by atoms with E-state index < -0.39 is 28.3 Å². The third-order valence-electron chi connectivity index (χ3n) is 8.77. The van der Waals surface area contributed by atoms with Crippen LogP contribution in [0.2, 0.25) is 36.3 Å². The fraction of sp³-hybridized carbons (Fsp3) is 0.912. The highest BCUT2D eigenvalue weighted by Crippen LogP contribution is 2.41. The lowest BCUT2D eigenvalue weighted by Gasteiger charge is -2.44. The Balaban J connectivity index is 5.34. The second-order valence-electron chi connectivity index (χ2n) is 16.1. The normalized spacial score (nSPS) is 16.2. The van der Waals surface area contributed by atoms with E-state index in [1.165, 1.54) is 12.8 Å². The predicted octanol–water partition coefficient (Wildman–Crippen LogP) is 10.3. The van der Waals surface area contributed by atoms with E-state index in [9.17, 15) is 9.90 Å². The summed E-state index contributed by atoms with van der Waals surface area (Å²) in [6.07, 6.45) is 14.0. The summed E-state index contributed by atoms with van der Waals surface area (Å²) < 4.78 is 19.5. The Hall–Kier alpha value is -0.476. The topological polar surface area (TPSA) is 65.0 Å². The summed E-state index contributed by atoms with van der Waals surface area (Å²) in [5.41, 5.74) is -0.415. The van der Waals surface area contributed by atoms with Crippen molar-refractivity contribution in [3.8, 4) is 0 Å². The molecular weight excluding hydrogens is 545 g/mol. The molecule has 1 N–H and O–H groups in total. The van der Waals surface area contributed by atoms with Gasteiger partial charge in [0.25, 0.3) is 0 Å². The van der Waals surface area contributed by atoms with Crippen LogP contribution in [0.1, 0.15) is 140 Å². The van der Waals surface area contributed by atoms with Crippen molar-refractivity contribution in [2.45, 2.75) is 200 Å². The van der Waals surface area contributed by atoms with Crippen LogP contribution < -0.4 is 0 Å². The maximum atomic E-state index is 11.9. The average Bonchev–Trinajstić information content (AvgIpc) is 2.77. The van der Waals surface area contributed by atoms with Crippen molar-refractivity contribution in [1.29, 1.82) is 0 Å². The predicted molar refractivity (Wildman–Crippen MR) is 182 cm³/mol. The van der Waals surface area contributed by atoms with Crippen molar-refractivity contribution in [3.05, 3.63) is 12.2 Å². The number of rotatable bonds is 19. The zero-order valence-corrected chi connectivity index (χ0v) is 31.7. The molecule has 0 rings (SSSR count). The Bertz CT molecular complexity index is 757. The average molecular weight is 615 g/mol. The molecule has 0 aliphatic heterocycles. The van der Waals surface area contributed by atoms with E-state index in [4.69, 9.17) is 13.6 Å². The summed E-state index contributed by atoms with van der Waals surface area (Å²) in [5.74, 6) is -0.113. The Labute approximate surface area is 257 Å². The molecule has 5 nitrogen and oxygen atoms in total. The van der Waals surface area contributed by atoms with E-state index in [-0.39, 0.29) is 28.3 Å². The Kier molecular flexibility index (Phi) is 17.5. The molecule has 0 saturated carbocycles. The molecule has 0 radical (unpaired) electrons. The number of aliphatic hydroxyl groups is 1. The van der Waals surface area contributed by atoms with Gasteiger partial charge in [0.1, 0.15) is 5.60 Å². The van der Waals surface area contributed by atoms with Crippen LogP contribution in [0.25, 0.3) is 0 Å². The van der Waals surface area contributed by atoms with E-state index >= 15 is 0 Å². The molecule has 0 saturated heterocycles. The molecule has 0 aromatic rings. The SMILES string of the molecule is CCCCC[C@H](O[Si](C)(C)C(C)(C)C)[C@H](C=C[C@@H](O)CCCCCCCC(=O)OC(C)(C)C)O[Si](C)(C)C(C)(C)C. The molecule has 0 aromatic heterocycles.